The van der Waals surface area contributed by atoms with Gasteiger partial charge in [0.2, 0.25) is 0 Å². The Morgan fingerprint density at radius 3 is 2.70 bits per heavy atom. The molecular weight excluding hydrogens is 352 g/mol. The topological polar surface area (TPSA) is 138 Å². The van der Waals surface area contributed by atoms with E-state index in [9.17, 15) is 20.2 Å². The largest absolute Gasteiger partial charge is 0.513 e. The van der Waals surface area contributed by atoms with Crippen LogP contribution in [0.1, 0.15) is 31.7 Å². The second-order valence-corrected chi connectivity index (χ2v) is 5.66. The van der Waals surface area contributed by atoms with Gasteiger partial charge < -0.3 is 14.8 Å². The second kappa shape index (κ2) is 8.50. The number of nitriles is 2. The molecular formula is C18H16N4O5. The van der Waals surface area contributed by atoms with E-state index in [4.69, 9.17) is 14.7 Å². The van der Waals surface area contributed by atoms with Gasteiger partial charge in [0.1, 0.15) is 12.4 Å². The van der Waals surface area contributed by atoms with Gasteiger partial charge in [-0.2, -0.15) is 10.5 Å². The molecule has 1 aliphatic rings. The monoisotopic (exact) mass is 368 g/mol. The van der Waals surface area contributed by atoms with Gasteiger partial charge in [-0.15, -0.1) is 0 Å². The fourth-order valence-electron chi connectivity index (χ4n) is 2.69. The van der Waals surface area contributed by atoms with Gasteiger partial charge in [-0.3, -0.25) is 10.1 Å². The number of nitrogens with one attached hydrogen (secondary N) is 1. The predicted molar refractivity (Wildman–Crippen MR) is 92.6 cm³/mol. The molecule has 9 nitrogen and oxygen atoms in total. The lowest BCUT2D eigenvalue weighted by atomic mass is 9.85. The molecule has 27 heavy (non-hydrogen) atoms. The fourth-order valence-corrected chi connectivity index (χ4v) is 2.69. The van der Waals surface area contributed by atoms with Crippen molar-refractivity contribution in [2.24, 2.45) is 0 Å². The molecule has 0 saturated carbocycles. The van der Waals surface area contributed by atoms with E-state index in [0.717, 1.165) is 0 Å². The minimum Gasteiger partial charge on any atom is -0.433 e. The van der Waals surface area contributed by atoms with Gasteiger partial charge in [0.15, 0.2) is 0 Å². The number of nitrogens with zero attached hydrogens (tertiary/aromatic N) is 3. The molecule has 1 heterocycles. The number of benzene rings is 1. The van der Waals surface area contributed by atoms with Crippen molar-refractivity contribution in [3.05, 3.63) is 62.7 Å². The Hall–Kier alpha value is -3.85. The lowest BCUT2D eigenvalue weighted by Gasteiger charge is -2.28. The highest BCUT2D eigenvalue weighted by molar-refractivity contribution is 5.63. The number of hydrogen-bond acceptors (Lipinski definition) is 8. The van der Waals surface area contributed by atoms with Crippen LogP contribution in [0.25, 0.3) is 0 Å². The van der Waals surface area contributed by atoms with Crippen LogP contribution < -0.4 is 5.32 Å². The first-order chi connectivity index (χ1) is 12.9. The van der Waals surface area contributed by atoms with Crippen molar-refractivity contribution >= 4 is 11.8 Å². The maximum absolute atomic E-state index is 11.9. The zero-order valence-corrected chi connectivity index (χ0v) is 14.7. The summed E-state index contributed by atoms with van der Waals surface area (Å²) < 4.78 is 10.1. The molecule has 1 aromatic rings. The molecule has 1 aromatic carbocycles. The van der Waals surface area contributed by atoms with Crippen LogP contribution in [0.15, 0.2) is 47.0 Å². The first kappa shape index (κ1) is 19.5. The summed E-state index contributed by atoms with van der Waals surface area (Å²) in [6, 6.07) is 9.68. The maximum atomic E-state index is 11.9. The summed E-state index contributed by atoms with van der Waals surface area (Å²) in [6.45, 7) is 3.21. The van der Waals surface area contributed by atoms with Gasteiger partial charge in [0.05, 0.1) is 40.7 Å². The molecule has 0 aromatic heterocycles. The molecule has 0 spiro atoms. The van der Waals surface area contributed by atoms with Crippen LogP contribution in [0.5, 0.6) is 0 Å². The van der Waals surface area contributed by atoms with E-state index in [1.165, 1.54) is 18.2 Å². The molecule has 0 radical (unpaired) electrons. The SMILES string of the molecule is CC1=C(C#N)C(c2cccc([N+](=O)[O-])c2)C(OC(=O)OCCC#N)=C(C)N1. The quantitative estimate of drug-likeness (QED) is 0.361. The number of carbonyl (C=O) groups is 1. The maximum Gasteiger partial charge on any atom is 0.513 e. The minimum absolute atomic E-state index is 0.0160. The van der Waals surface area contributed by atoms with Crippen molar-refractivity contribution < 1.29 is 19.2 Å². The molecule has 0 fully saturated rings. The third-order valence-electron chi connectivity index (χ3n) is 3.86. The smallest absolute Gasteiger partial charge is 0.433 e. The third-order valence-corrected chi connectivity index (χ3v) is 3.86. The van der Waals surface area contributed by atoms with Crippen LogP contribution in [0.4, 0.5) is 10.5 Å². The zero-order chi connectivity index (χ0) is 20.0. The normalized spacial score (nSPS) is 16.1. The molecule has 1 atom stereocenters. The Bertz CT molecular complexity index is 920. The highest BCUT2D eigenvalue weighted by Crippen LogP contribution is 2.39. The molecule has 0 saturated heterocycles. The van der Waals surface area contributed by atoms with Crippen LogP contribution in [-0.2, 0) is 9.47 Å². The molecule has 0 aliphatic carbocycles. The Kier molecular flexibility index (Phi) is 6.13. The van der Waals surface area contributed by atoms with Crippen molar-refractivity contribution in [3.63, 3.8) is 0 Å². The number of carbonyl (C=O) groups excluding carboxylic acids is 1. The van der Waals surface area contributed by atoms with Crippen LogP contribution in [0.2, 0.25) is 0 Å². The molecule has 0 amide bonds. The average molecular weight is 368 g/mol. The highest BCUT2D eigenvalue weighted by Gasteiger charge is 2.33. The van der Waals surface area contributed by atoms with Gasteiger partial charge in [-0.05, 0) is 19.4 Å². The van der Waals surface area contributed by atoms with Crippen molar-refractivity contribution in [2.45, 2.75) is 26.2 Å². The van der Waals surface area contributed by atoms with Crippen molar-refractivity contribution in [2.75, 3.05) is 6.61 Å². The summed E-state index contributed by atoms with van der Waals surface area (Å²) in [5.41, 5.74) is 1.58. The highest BCUT2D eigenvalue weighted by atomic mass is 16.7. The lowest BCUT2D eigenvalue weighted by molar-refractivity contribution is -0.384. The van der Waals surface area contributed by atoms with Gasteiger partial charge >= 0.3 is 6.16 Å². The molecule has 0 bridgehead atoms. The summed E-state index contributed by atoms with van der Waals surface area (Å²) in [7, 11) is 0. The number of nitro groups is 1. The van der Waals surface area contributed by atoms with Gasteiger partial charge in [-0.25, -0.2) is 4.79 Å². The van der Waals surface area contributed by atoms with E-state index in [1.54, 1.807) is 19.9 Å². The number of nitro benzene ring substituents is 1. The average Bonchev–Trinajstić information content (AvgIpc) is 2.63. The number of allylic oxidation sites excluding steroid dienone is 3. The summed E-state index contributed by atoms with van der Waals surface area (Å²) in [5, 5.41) is 32.1. The van der Waals surface area contributed by atoms with Crippen LogP contribution in [0.3, 0.4) is 0 Å². The minimum atomic E-state index is -1.02. The van der Waals surface area contributed by atoms with Crippen molar-refractivity contribution in [1.82, 2.24) is 5.32 Å². The summed E-state index contributed by atoms with van der Waals surface area (Å²) >= 11 is 0. The summed E-state index contributed by atoms with van der Waals surface area (Å²) in [4.78, 5) is 22.5. The number of hydrogen-bond donors (Lipinski definition) is 1. The fraction of sp³-hybridized carbons (Fsp3) is 0.278. The number of dihydropyridines is 1. The van der Waals surface area contributed by atoms with E-state index in [0.29, 0.717) is 17.0 Å². The van der Waals surface area contributed by atoms with E-state index in [-0.39, 0.29) is 30.0 Å². The van der Waals surface area contributed by atoms with E-state index in [2.05, 4.69) is 11.4 Å². The molecule has 138 valence electrons. The number of non-ortho nitro benzene ring substituents is 1. The molecule has 1 N–H and O–H groups in total. The van der Waals surface area contributed by atoms with E-state index < -0.39 is 17.0 Å². The lowest BCUT2D eigenvalue weighted by Crippen LogP contribution is -2.26. The van der Waals surface area contributed by atoms with Crippen LogP contribution in [0, 0.1) is 32.8 Å². The predicted octanol–water partition coefficient (Wildman–Crippen LogP) is 3.38. The van der Waals surface area contributed by atoms with Gasteiger partial charge in [-0.1, -0.05) is 12.1 Å². The first-order valence-electron chi connectivity index (χ1n) is 7.93. The van der Waals surface area contributed by atoms with Gasteiger partial charge in [0, 0.05) is 17.8 Å². The van der Waals surface area contributed by atoms with Crippen molar-refractivity contribution in [3.8, 4) is 12.1 Å². The zero-order valence-electron chi connectivity index (χ0n) is 14.7. The van der Waals surface area contributed by atoms with Crippen LogP contribution >= 0.6 is 0 Å². The number of rotatable bonds is 5. The Morgan fingerprint density at radius 1 is 1.33 bits per heavy atom. The molecule has 2 rings (SSSR count). The Balaban J connectivity index is 2.44. The van der Waals surface area contributed by atoms with Crippen LogP contribution in [-0.4, -0.2) is 17.7 Å². The molecule has 9 heteroatoms. The molecule has 1 aliphatic heterocycles. The molecule has 1 unspecified atom stereocenters. The first-order valence-corrected chi connectivity index (χ1v) is 7.93. The Labute approximate surface area is 155 Å². The van der Waals surface area contributed by atoms with Gasteiger partial charge in [0.25, 0.3) is 5.69 Å². The standard InChI is InChI=1S/C18H16N4O5/c1-11-15(10-20)16(13-5-3-6-14(9-13)22(24)25)17(12(2)21-11)27-18(23)26-8-4-7-19/h3,5-6,9,16,21H,4,8H2,1-2H3. The Morgan fingerprint density at radius 2 is 2.07 bits per heavy atom. The second-order valence-electron chi connectivity index (χ2n) is 5.66. The van der Waals surface area contributed by atoms with Crippen molar-refractivity contribution in [1.29, 1.82) is 10.5 Å². The van der Waals surface area contributed by atoms with E-state index >= 15 is 0 Å². The summed E-state index contributed by atoms with van der Waals surface area (Å²) in [5.74, 6) is -0.695. The summed E-state index contributed by atoms with van der Waals surface area (Å²) in [6.07, 6.45) is -1.00. The number of ether oxygens (including phenoxy) is 2. The van der Waals surface area contributed by atoms with E-state index in [1.807, 2.05) is 6.07 Å². The third kappa shape index (κ3) is 4.41.